The molecule has 0 aliphatic heterocycles. The molecule has 0 aliphatic carbocycles. The number of hydrogen-bond acceptors (Lipinski definition) is 6. The smallest absolute Gasteiger partial charge is 0.353 e. The summed E-state index contributed by atoms with van der Waals surface area (Å²) < 4.78 is 42.5. The van der Waals surface area contributed by atoms with Crippen molar-refractivity contribution in [1.82, 2.24) is 10.3 Å². The number of anilines is 1. The fraction of sp³-hybridized carbons (Fsp3) is 0.389. The maximum atomic E-state index is 14.2. The molecule has 0 saturated carbocycles. The van der Waals surface area contributed by atoms with E-state index < -0.39 is 48.6 Å². The van der Waals surface area contributed by atoms with E-state index in [9.17, 15) is 22.4 Å². The molecular formula is C18H23FN3O5S2+. The van der Waals surface area contributed by atoms with E-state index in [-0.39, 0.29) is 11.7 Å². The number of sulfone groups is 1. The molecule has 1 aromatic heterocycles. The summed E-state index contributed by atoms with van der Waals surface area (Å²) in [5.41, 5.74) is -0.0519. The molecule has 1 heterocycles. The lowest BCUT2D eigenvalue weighted by Gasteiger charge is -2.19. The van der Waals surface area contributed by atoms with Crippen molar-refractivity contribution in [3.05, 3.63) is 35.1 Å². The van der Waals surface area contributed by atoms with Crippen molar-refractivity contribution < 1.29 is 27.1 Å². The second-order valence-corrected chi connectivity index (χ2v) is 11.0. The number of benzene rings is 1. The third kappa shape index (κ3) is 6.50. The van der Waals surface area contributed by atoms with Crippen LogP contribution in [-0.4, -0.2) is 43.8 Å². The molecule has 11 heteroatoms. The van der Waals surface area contributed by atoms with Crippen LogP contribution in [0.1, 0.15) is 26.5 Å². The number of aromatic nitrogens is 1. The molecule has 0 spiro atoms. The topological polar surface area (TPSA) is 114 Å². The Labute approximate surface area is 171 Å². The number of thiazole rings is 1. The zero-order chi connectivity index (χ0) is 22.0. The number of halogens is 1. The molecule has 0 radical (unpaired) electrons. The number of ether oxygens (including phenoxy) is 1. The summed E-state index contributed by atoms with van der Waals surface area (Å²) in [4.78, 5) is 28.1. The second kappa shape index (κ2) is 8.46. The Bertz CT molecular complexity index is 1040. The summed E-state index contributed by atoms with van der Waals surface area (Å²) >= 11 is 0. The van der Waals surface area contributed by atoms with Crippen LogP contribution < -0.4 is 10.6 Å². The Balaban J connectivity index is 2.16. The van der Waals surface area contributed by atoms with E-state index in [2.05, 4.69) is 15.6 Å². The number of carbonyl (C=O) groups is 2. The lowest BCUT2D eigenvalue weighted by atomic mass is 10.2. The highest BCUT2D eigenvalue weighted by Crippen LogP contribution is 2.39. The number of amides is 2. The Morgan fingerprint density at radius 3 is 2.48 bits per heavy atom. The molecule has 29 heavy (non-hydrogen) atoms. The van der Waals surface area contributed by atoms with Crippen LogP contribution in [0.3, 0.4) is 0 Å². The molecule has 1 aromatic carbocycles. The Morgan fingerprint density at radius 1 is 1.28 bits per heavy atom. The van der Waals surface area contributed by atoms with Gasteiger partial charge in [-0.25, -0.2) is 22.9 Å². The van der Waals surface area contributed by atoms with Crippen molar-refractivity contribution in [1.29, 1.82) is 0 Å². The third-order valence-electron chi connectivity index (χ3n) is 3.37. The summed E-state index contributed by atoms with van der Waals surface area (Å²) in [5, 5.41) is 6.93. The number of carbonyl (C=O) groups excluding carboxylic acids is 2. The van der Waals surface area contributed by atoms with E-state index in [0.717, 1.165) is 12.3 Å². The average molecular weight is 445 g/mol. The largest absolute Gasteiger partial charge is 0.459 e. The summed E-state index contributed by atoms with van der Waals surface area (Å²) in [5.74, 6) is -1.46. The van der Waals surface area contributed by atoms with Crippen molar-refractivity contribution in [3.8, 4) is 4.90 Å². The summed E-state index contributed by atoms with van der Waals surface area (Å²) in [6.07, 6.45) is 0.927. The van der Waals surface area contributed by atoms with E-state index in [1.165, 1.54) is 12.1 Å². The van der Waals surface area contributed by atoms with Gasteiger partial charge in [0.1, 0.15) is 22.9 Å². The van der Waals surface area contributed by atoms with Gasteiger partial charge < -0.3 is 10.1 Å². The predicted molar refractivity (Wildman–Crippen MR) is 109 cm³/mol. The van der Waals surface area contributed by atoms with Crippen LogP contribution in [0.5, 0.6) is 0 Å². The molecule has 158 valence electrons. The van der Waals surface area contributed by atoms with E-state index in [1.807, 2.05) is 0 Å². The van der Waals surface area contributed by atoms with Crippen molar-refractivity contribution in [2.24, 2.45) is 0 Å². The fourth-order valence-corrected chi connectivity index (χ4v) is 4.80. The first-order valence-corrected chi connectivity index (χ1v) is 11.7. The van der Waals surface area contributed by atoms with Gasteiger partial charge in [0.05, 0.1) is 16.2 Å². The van der Waals surface area contributed by atoms with Crippen molar-refractivity contribution in [2.75, 3.05) is 18.1 Å². The third-order valence-corrected chi connectivity index (χ3v) is 6.44. The first-order chi connectivity index (χ1) is 13.3. The number of urea groups is 1. The molecule has 8 nitrogen and oxygen atoms in total. The molecule has 0 saturated heterocycles. The molecule has 0 aliphatic rings. The van der Waals surface area contributed by atoms with E-state index in [4.69, 9.17) is 4.74 Å². The SMILES string of the molecule is Cc1c[s+](-c2ccc(S(C)(=O)=O)c(F)c2)c(NC(=O)NCC(=O)OC(C)(C)C)n1. The van der Waals surface area contributed by atoms with Gasteiger partial charge >= 0.3 is 17.1 Å². The van der Waals surface area contributed by atoms with Crippen molar-refractivity contribution >= 4 is 37.4 Å². The minimum atomic E-state index is -3.69. The van der Waals surface area contributed by atoms with Gasteiger partial charge in [-0.1, -0.05) is 0 Å². The normalized spacial score (nSPS) is 12.4. The molecule has 2 N–H and O–H groups in total. The van der Waals surface area contributed by atoms with Crippen molar-refractivity contribution in [2.45, 2.75) is 38.2 Å². The van der Waals surface area contributed by atoms with Gasteiger partial charge in [-0.2, -0.15) is 4.98 Å². The first-order valence-electron chi connectivity index (χ1n) is 8.53. The number of aryl methyl sites for hydroxylation is 1. The van der Waals surface area contributed by atoms with E-state index in [1.54, 1.807) is 33.1 Å². The van der Waals surface area contributed by atoms with Crippen LogP contribution in [0.25, 0.3) is 4.90 Å². The number of nitrogens with one attached hydrogen (secondary N) is 2. The average Bonchev–Trinajstić information content (AvgIpc) is 2.90. The Hall–Kier alpha value is -2.53. The van der Waals surface area contributed by atoms with Gasteiger partial charge in [-0.3, -0.25) is 4.79 Å². The zero-order valence-electron chi connectivity index (χ0n) is 16.7. The molecule has 2 amide bonds. The fourth-order valence-electron chi connectivity index (χ4n) is 2.32. The van der Waals surface area contributed by atoms with Gasteiger partial charge in [0, 0.05) is 12.3 Å². The lowest BCUT2D eigenvalue weighted by molar-refractivity contribution is -0.153. The Kier molecular flexibility index (Phi) is 6.63. The summed E-state index contributed by atoms with van der Waals surface area (Å²) in [7, 11) is -4.58. The van der Waals surface area contributed by atoms with Crippen LogP contribution in [0.2, 0.25) is 0 Å². The van der Waals surface area contributed by atoms with E-state index >= 15 is 0 Å². The molecule has 2 rings (SSSR count). The van der Waals surface area contributed by atoms with Crippen LogP contribution in [0.4, 0.5) is 14.3 Å². The van der Waals surface area contributed by atoms with Gasteiger partial charge in [-0.15, -0.1) is 0 Å². The first kappa shape index (κ1) is 22.8. The zero-order valence-corrected chi connectivity index (χ0v) is 18.3. The minimum Gasteiger partial charge on any atom is -0.459 e. The predicted octanol–water partition coefficient (Wildman–Crippen LogP) is 3.13. The highest BCUT2D eigenvalue weighted by molar-refractivity contribution is 7.90. The maximum absolute atomic E-state index is 14.2. The molecule has 1 unspecified atom stereocenters. The molecule has 0 bridgehead atoms. The molecule has 2 aromatic rings. The molecular weight excluding hydrogens is 421 g/mol. The van der Waals surface area contributed by atoms with Crippen LogP contribution >= 0.6 is 10.5 Å². The monoisotopic (exact) mass is 444 g/mol. The van der Waals surface area contributed by atoms with Gasteiger partial charge in [0.25, 0.3) is 0 Å². The van der Waals surface area contributed by atoms with Gasteiger partial charge in [-0.05, 0) is 39.8 Å². The highest BCUT2D eigenvalue weighted by atomic mass is 32.2. The van der Waals surface area contributed by atoms with Crippen LogP contribution in [0, 0.1) is 12.7 Å². The highest BCUT2D eigenvalue weighted by Gasteiger charge is 2.25. The Morgan fingerprint density at radius 2 is 1.93 bits per heavy atom. The quantitative estimate of drug-likeness (QED) is 0.541. The minimum absolute atomic E-state index is 0.260. The maximum Gasteiger partial charge on any atom is 0.353 e. The number of rotatable bonds is 5. The van der Waals surface area contributed by atoms with Gasteiger partial charge in [0.2, 0.25) is 0 Å². The number of nitrogens with zero attached hydrogens (tertiary/aromatic N) is 1. The van der Waals surface area contributed by atoms with Crippen LogP contribution in [0.15, 0.2) is 28.5 Å². The lowest BCUT2D eigenvalue weighted by Crippen LogP contribution is -2.36. The summed E-state index contributed by atoms with van der Waals surface area (Å²) in [6.45, 7) is 6.54. The van der Waals surface area contributed by atoms with Crippen molar-refractivity contribution in [3.63, 3.8) is 0 Å². The number of hydrogen-bond donors (Lipinski definition) is 2. The van der Waals surface area contributed by atoms with E-state index in [0.29, 0.717) is 10.6 Å². The molecule has 0 fully saturated rings. The second-order valence-electron chi connectivity index (χ2n) is 7.27. The standard InChI is InChI=1S/C18H22FN3O5S2/c1-11-10-28(12-6-7-14(13(19)8-12)29(5,25)26)17(21-11)22-16(24)20-9-15(23)27-18(2,3)4/h6-8,10H,9H2,1-5H3,(H-,20,21,22,24)/p+1. The number of esters is 1. The summed E-state index contributed by atoms with van der Waals surface area (Å²) in [6, 6.07) is 3.12. The van der Waals surface area contributed by atoms with Gasteiger partial charge in [0.15, 0.2) is 20.1 Å². The molecule has 1 atom stereocenters. The van der Waals surface area contributed by atoms with Crippen LogP contribution in [-0.2, 0) is 19.4 Å².